The third-order valence-electron chi connectivity index (χ3n) is 3.23. The van der Waals surface area contributed by atoms with Crippen LogP contribution in [0, 0.1) is 17.6 Å². The van der Waals surface area contributed by atoms with Gasteiger partial charge in [-0.1, -0.05) is 12.1 Å². The van der Waals surface area contributed by atoms with E-state index in [1.165, 1.54) is 13.2 Å². The SMILES string of the molecule is COC(=O)C1CCN(Cc2cccc(F)c2F)C1. The van der Waals surface area contributed by atoms with Crippen LogP contribution in [0.1, 0.15) is 12.0 Å². The Kier molecular flexibility index (Phi) is 3.91. The summed E-state index contributed by atoms with van der Waals surface area (Å²) in [6, 6.07) is 4.14. The Morgan fingerprint density at radius 3 is 3.00 bits per heavy atom. The zero-order valence-corrected chi connectivity index (χ0v) is 10.2. The van der Waals surface area contributed by atoms with E-state index in [0.717, 1.165) is 6.07 Å². The number of hydrogen-bond donors (Lipinski definition) is 0. The zero-order chi connectivity index (χ0) is 13.1. The molecule has 1 unspecified atom stereocenters. The molecule has 1 aliphatic rings. The van der Waals surface area contributed by atoms with E-state index in [1.807, 2.05) is 4.90 Å². The van der Waals surface area contributed by atoms with E-state index in [1.54, 1.807) is 6.07 Å². The van der Waals surface area contributed by atoms with Gasteiger partial charge in [-0.2, -0.15) is 0 Å². The number of methoxy groups -OCH3 is 1. The summed E-state index contributed by atoms with van der Waals surface area (Å²) in [5, 5.41) is 0. The molecule has 98 valence electrons. The van der Waals surface area contributed by atoms with Gasteiger partial charge in [0.25, 0.3) is 0 Å². The summed E-state index contributed by atoms with van der Waals surface area (Å²) in [6.45, 7) is 1.54. The molecule has 1 saturated heterocycles. The van der Waals surface area contributed by atoms with Crippen molar-refractivity contribution in [2.45, 2.75) is 13.0 Å². The van der Waals surface area contributed by atoms with Crippen molar-refractivity contribution in [3.63, 3.8) is 0 Å². The van der Waals surface area contributed by atoms with Gasteiger partial charge >= 0.3 is 5.97 Å². The fraction of sp³-hybridized carbons (Fsp3) is 0.462. The van der Waals surface area contributed by atoms with Crippen LogP contribution < -0.4 is 0 Å². The maximum atomic E-state index is 13.5. The number of esters is 1. The summed E-state index contributed by atoms with van der Waals surface area (Å²) < 4.78 is 31.2. The van der Waals surface area contributed by atoms with E-state index >= 15 is 0 Å². The van der Waals surface area contributed by atoms with Crippen molar-refractivity contribution in [1.29, 1.82) is 0 Å². The molecule has 2 rings (SSSR count). The maximum Gasteiger partial charge on any atom is 0.310 e. The Hall–Kier alpha value is -1.49. The first kappa shape index (κ1) is 13.0. The molecule has 3 nitrogen and oxygen atoms in total. The van der Waals surface area contributed by atoms with Crippen molar-refractivity contribution in [3.05, 3.63) is 35.4 Å². The predicted molar refractivity (Wildman–Crippen MR) is 61.8 cm³/mol. The number of ether oxygens (including phenoxy) is 1. The quantitative estimate of drug-likeness (QED) is 0.773. The van der Waals surface area contributed by atoms with Gasteiger partial charge in [0.05, 0.1) is 13.0 Å². The molecule has 0 aromatic heterocycles. The molecular weight excluding hydrogens is 240 g/mol. The molecule has 1 aromatic carbocycles. The highest BCUT2D eigenvalue weighted by molar-refractivity contribution is 5.72. The Bertz CT molecular complexity index is 451. The molecule has 1 aliphatic heterocycles. The lowest BCUT2D eigenvalue weighted by Crippen LogP contribution is -2.24. The second kappa shape index (κ2) is 5.44. The summed E-state index contributed by atoms with van der Waals surface area (Å²) in [7, 11) is 1.36. The second-order valence-electron chi connectivity index (χ2n) is 4.46. The molecule has 0 amide bonds. The number of hydrogen-bond acceptors (Lipinski definition) is 3. The van der Waals surface area contributed by atoms with Gasteiger partial charge in [0, 0.05) is 18.7 Å². The first-order chi connectivity index (χ1) is 8.61. The van der Waals surface area contributed by atoms with E-state index in [-0.39, 0.29) is 11.9 Å². The van der Waals surface area contributed by atoms with Crippen LogP contribution in [-0.2, 0) is 16.1 Å². The van der Waals surface area contributed by atoms with Gasteiger partial charge in [-0.15, -0.1) is 0 Å². The van der Waals surface area contributed by atoms with Crippen molar-refractivity contribution in [2.75, 3.05) is 20.2 Å². The van der Waals surface area contributed by atoms with Gasteiger partial charge in [0.2, 0.25) is 0 Å². The summed E-state index contributed by atoms with van der Waals surface area (Å²) >= 11 is 0. The van der Waals surface area contributed by atoms with Gasteiger partial charge in [0.1, 0.15) is 0 Å². The highest BCUT2D eigenvalue weighted by Gasteiger charge is 2.29. The van der Waals surface area contributed by atoms with E-state index < -0.39 is 11.6 Å². The van der Waals surface area contributed by atoms with Gasteiger partial charge in [-0.05, 0) is 19.0 Å². The number of likely N-dealkylation sites (tertiary alicyclic amines) is 1. The minimum absolute atomic E-state index is 0.161. The van der Waals surface area contributed by atoms with E-state index in [0.29, 0.717) is 31.6 Å². The molecule has 0 saturated carbocycles. The number of carbonyl (C=O) groups excluding carboxylic acids is 1. The largest absolute Gasteiger partial charge is 0.469 e. The summed E-state index contributed by atoms with van der Waals surface area (Å²) in [6.07, 6.45) is 0.698. The first-order valence-corrected chi connectivity index (χ1v) is 5.85. The lowest BCUT2D eigenvalue weighted by Gasteiger charge is -2.16. The smallest absolute Gasteiger partial charge is 0.310 e. The van der Waals surface area contributed by atoms with Crippen LogP contribution in [0.15, 0.2) is 18.2 Å². The number of rotatable bonds is 3. The van der Waals surface area contributed by atoms with Crippen LogP contribution in [0.5, 0.6) is 0 Å². The van der Waals surface area contributed by atoms with Gasteiger partial charge in [-0.3, -0.25) is 9.69 Å². The molecule has 0 spiro atoms. The molecule has 1 fully saturated rings. The Morgan fingerprint density at radius 2 is 2.28 bits per heavy atom. The standard InChI is InChI=1S/C13H15F2NO2/c1-18-13(17)10-5-6-16(8-10)7-9-3-2-4-11(14)12(9)15/h2-4,10H,5-8H2,1H3. The lowest BCUT2D eigenvalue weighted by molar-refractivity contribution is -0.144. The predicted octanol–water partition coefficient (Wildman–Crippen LogP) is 1.96. The van der Waals surface area contributed by atoms with Gasteiger partial charge in [-0.25, -0.2) is 8.78 Å². The number of benzene rings is 1. The average Bonchev–Trinajstić information content (AvgIpc) is 2.82. The van der Waals surface area contributed by atoms with Crippen molar-refractivity contribution in [2.24, 2.45) is 5.92 Å². The molecule has 1 aromatic rings. The van der Waals surface area contributed by atoms with Crippen LogP contribution >= 0.6 is 0 Å². The summed E-state index contributed by atoms with van der Waals surface area (Å²) in [5.74, 6) is -2.04. The third kappa shape index (κ3) is 2.67. The van der Waals surface area contributed by atoms with Crippen LogP contribution in [-0.4, -0.2) is 31.1 Å². The van der Waals surface area contributed by atoms with Gasteiger partial charge < -0.3 is 4.74 Å². The summed E-state index contributed by atoms with van der Waals surface area (Å²) in [4.78, 5) is 13.3. The Morgan fingerprint density at radius 1 is 1.50 bits per heavy atom. The van der Waals surface area contributed by atoms with Crippen molar-refractivity contribution in [3.8, 4) is 0 Å². The van der Waals surface area contributed by atoms with Crippen molar-refractivity contribution >= 4 is 5.97 Å². The molecule has 18 heavy (non-hydrogen) atoms. The Labute approximate surface area is 104 Å². The van der Waals surface area contributed by atoms with Crippen LogP contribution in [0.25, 0.3) is 0 Å². The molecule has 0 bridgehead atoms. The van der Waals surface area contributed by atoms with Crippen molar-refractivity contribution in [1.82, 2.24) is 4.90 Å². The molecule has 0 aliphatic carbocycles. The van der Waals surface area contributed by atoms with Crippen LogP contribution in [0.2, 0.25) is 0 Å². The van der Waals surface area contributed by atoms with E-state index in [4.69, 9.17) is 0 Å². The number of nitrogens with zero attached hydrogens (tertiary/aromatic N) is 1. The molecule has 1 atom stereocenters. The van der Waals surface area contributed by atoms with Gasteiger partial charge in [0.15, 0.2) is 11.6 Å². The fourth-order valence-corrected chi connectivity index (χ4v) is 2.25. The third-order valence-corrected chi connectivity index (χ3v) is 3.23. The lowest BCUT2D eigenvalue weighted by atomic mass is 10.1. The molecule has 0 N–H and O–H groups in total. The Balaban J connectivity index is 1.99. The average molecular weight is 255 g/mol. The number of carbonyl (C=O) groups is 1. The minimum Gasteiger partial charge on any atom is -0.469 e. The fourth-order valence-electron chi connectivity index (χ4n) is 2.25. The normalized spacial score (nSPS) is 20.1. The second-order valence-corrected chi connectivity index (χ2v) is 4.46. The molecular formula is C13H15F2NO2. The first-order valence-electron chi connectivity index (χ1n) is 5.85. The van der Waals surface area contributed by atoms with E-state index in [2.05, 4.69) is 4.74 Å². The molecule has 5 heteroatoms. The monoisotopic (exact) mass is 255 g/mol. The van der Waals surface area contributed by atoms with Crippen molar-refractivity contribution < 1.29 is 18.3 Å². The topological polar surface area (TPSA) is 29.5 Å². The van der Waals surface area contributed by atoms with Crippen LogP contribution in [0.3, 0.4) is 0 Å². The van der Waals surface area contributed by atoms with Crippen LogP contribution in [0.4, 0.5) is 8.78 Å². The van der Waals surface area contributed by atoms with E-state index in [9.17, 15) is 13.6 Å². The highest BCUT2D eigenvalue weighted by Crippen LogP contribution is 2.21. The zero-order valence-electron chi connectivity index (χ0n) is 10.2. The number of halogens is 2. The highest BCUT2D eigenvalue weighted by atomic mass is 19.2. The minimum atomic E-state index is -0.837. The summed E-state index contributed by atoms with van der Waals surface area (Å²) in [5.41, 5.74) is 0.320. The molecule has 1 heterocycles. The maximum absolute atomic E-state index is 13.5. The molecule has 0 radical (unpaired) electrons.